The van der Waals surface area contributed by atoms with Crippen LogP contribution in [0.2, 0.25) is 0 Å². The van der Waals surface area contributed by atoms with Gasteiger partial charge in [-0.1, -0.05) is 13.8 Å². The van der Waals surface area contributed by atoms with Gasteiger partial charge in [-0.2, -0.15) is 0 Å². The summed E-state index contributed by atoms with van der Waals surface area (Å²) in [5.41, 5.74) is -3.77. The van der Waals surface area contributed by atoms with Crippen molar-refractivity contribution in [2.45, 2.75) is 49.7 Å². The van der Waals surface area contributed by atoms with Gasteiger partial charge in [-0.15, -0.1) is 0 Å². The summed E-state index contributed by atoms with van der Waals surface area (Å²) in [7, 11) is -21.1. The van der Waals surface area contributed by atoms with Crippen LogP contribution in [0.15, 0.2) is 0 Å². The van der Waals surface area contributed by atoms with E-state index in [2.05, 4.69) is 4.31 Å². The van der Waals surface area contributed by atoms with Crippen molar-refractivity contribution >= 4 is 33.1 Å². The molecule has 0 aromatic carbocycles. The van der Waals surface area contributed by atoms with E-state index in [1.807, 2.05) is 0 Å². The first-order chi connectivity index (χ1) is 10.4. The van der Waals surface area contributed by atoms with E-state index in [-0.39, 0.29) is 125 Å². The summed E-state index contributed by atoms with van der Waals surface area (Å²) < 4.78 is 70.0. The summed E-state index contributed by atoms with van der Waals surface area (Å²) in [6, 6.07) is 0. The largest absolute Gasteiger partial charge is 1.00 e. The van der Waals surface area contributed by atoms with E-state index in [1.54, 1.807) is 0 Å². The van der Waals surface area contributed by atoms with Gasteiger partial charge >= 0.3 is 118 Å². The standard InChI is InChI=1S/C8H21O12P3S.4Na/c1-3-8(24(17,18)19)5-7(21(9,10)11)4-6(2)22(12,13)20-23(14,15)16;;;;/h6-8H,3-5H2,1-2H3,(H,12,13)(H2,9,10,11)(H2,14,15,16)(H,17,18,19);;;;/q;4*+1/p-4. The third-order valence-corrected chi connectivity index (χ3v) is 8.94. The van der Waals surface area contributed by atoms with Crippen LogP contribution in [-0.2, 0) is 28.1 Å². The maximum Gasteiger partial charge on any atom is 1.00 e. The second-order valence-electron chi connectivity index (χ2n) is 5.15. The Morgan fingerprint density at radius 2 is 1.36 bits per heavy atom. The summed E-state index contributed by atoms with van der Waals surface area (Å²) in [4.78, 5) is 51.0. The third-order valence-electron chi connectivity index (χ3n) is 3.23. The van der Waals surface area contributed by atoms with E-state index < -0.39 is 62.5 Å². The Hall–Kier alpha value is 4.36. The average Bonchev–Trinajstić information content (AvgIpc) is 2.27. The van der Waals surface area contributed by atoms with Crippen LogP contribution in [0.4, 0.5) is 0 Å². The number of hydrogen-bond acceptors (Lipinski definition) is 10. The van der Waals surface area contributed by atoms with E-state index in [0.717, 1.165) is 6.92 Å². The maximum absolute atomic E-state index is 11.6. The third kappa shape index (κ3) is 17.8. The predicted molar refractivity (Wildman–Crippen MR) is 74.6 cm³/mol. The monoisotopic (exact) mass is 522 g/mol. The fourth-order valence-electron chi connectivity index (χ4n) is 1.90. The summed E-state index contributed by atoms with van der Waals surface area (Å²) in [6.45, 7) is 2.10. The van der Waals surface area contributed by atoms with Gasteiger partial charge in [-0.05, 0) is 19.3 Å². The molecular formula is C8H17Na4O12P3S. The first-order valence-electron chi connectivity index (χ1n) is 6.44. The average molecular weight is 522 g/mol. The van der Waals surface area contributed by atoms with Crippen LogP contribution in [0, 0.1) is 0 Å². The molecule has 6 unspecified atom stereocenters. The number of phosphoric acid groups is 1. The quantitative estimate of drug-likeness (QED) is 0.155. The molecule has 6 atom stereocenters. The molecular weight excluding hydrogens is 505 g/mol. The summed E-state index contributed by atoms with van der Waals surface area (Å²) in [5, 5.41) is -1.69. The van der Waals surface area contributed by atoms with E-state index >= 15 is 0 Å². The Kier molecular flexibility index (Phi) is 25.7. The molecule has 0 bridgehead atoms. The van der Waals surface area contributed by atoms with Gasteiger partial charge in [0.05, 0.1) is 15.4 Å². The predicted octanol–water partition coefficient (Wildman–Crippen LogP) is -13.6. The van der Waals surface area contributed by atoms with Crippen LogP contribution in [0.5, 0.6) is 0 Å². The topological polar surface area (TPSA) is 227 Å². The molecule has 0 aliphatic carbocycles. The van der Waals surface area contributed by atoms with Gasteiger partial charge in [-0.3, -0.25) is 8.88 Å². The Balaban J connectivity index is -0.000000441. The molecule has 20 heteroatoms. The molecule has 28 heavy (non-hydrogen) atoms. The molecule has 2 N–H and O–H groups in total. The van der Waals surface area contributed by atoms with E-state index in [4.69, 9.17) is 9.79 Å². The second kappa shape index (κ2) is 16.9. The minimum Gasteiger partial charge on any atom is -0.778 e. The fraction of sp³-hybridized carbons (Fsp3) is 1.00. The van der Waals surface area contributed by atoms with Gasteiger partial charge in [0.15, 0.2) is 0 Å². The molecule has 0 aliphatic rings. The van der Waals surface area contributed by atoms with Gasteiger partial charge in [0.1, 0.15) is 15.2 Å². The van der Waals surface area contributed by atoms with Gasteiger partial charge in [-0.25, -0.2) is 8.42 Å². The van der Waals surface area contributed by atoms with Crippen molar-refractivity contribution < 1.29 is 174 Å². The van der Waals surface area contributed by atoms with Crippen molar-refractivity contribution in [1.29, 1.82) is 0 Å². The zero-order valence-corrected chi connectivity index (χ0v) is 28.1. The molecule has 146 valence electrons. The van der Waals surface area contributed by atoms with E-state index in [0.29, 0.717) is 0 Å². The van der Waals surface area contributed by atoms with Crippen molar-refractivity contribution in [3.63, 3.8) is 0 Å². The number of rotatable bonds is 10. The molecule has 0 saturated carbocycles. The minimum atomic E-state index is -5.67. The van der Waals surface area contributed by atoms with Crippen LogP contribution < -0.4 is 133 Å². The smallest absolute Gasteiger partial charge is 0.778 e. The molecule has 0 aromatic heterocycles. The first-order valence-corrected chi connectivity index (χ1v) is 12.7. The van der Waals surface area contributed by atoms with Crippen molar-refractivity contribution in [2.75, 3.05) is 0 Å². The summed E-state index contributed by atoms with van der Waals surface area (Å²) >= 11 is 0. The molecule has 0 amide bonds. The van der Waals surface area contributed by atoms with Crippen molar-refractivity contribution in [1.82, 2.24) is 0 Å². The van der Waals surface area contributed by atoms with Gasteiger partial charge in [0.2, 0.25) is 0 Å². The zero-order chi connectivity index (χ0) is 19.6. The van der Waals surface area contributed by atoms with Crippen LogP contribution in [0.3, 0.4) is 0 Å². The molecule has 0 fully saturated rings. The summed E-state index contributed by atoms with van der Waals surface area (Å²) in [6.07, 6.45) is -2.10. The van der Waals surface area contributed by atoms with Crippen molar-refractivity contribution in [3.8, 4) is 0 Å². The van der Waals surface area contributed by atoms with Crippen molar-refractivity contribution in [3.05, 3.63) is 0 Å². The fourth-order valence-corrected chi connectivity index (χ4v) is 6.50. The molecule has 0 radical (unpaired) electrons. The molecule has 0 aliphatic heterocycles. The molecule has 0 heterocycles. The van der Waals surface area contributed by atoms with Crippen LogP contribution in [0.25, 0.3) is 0 Å². The van der Waals surface area contributed by atoms with Gasteiger partial charge < -0.3 is 38.1 Å². The Morgan fingerprint density at radius 1 is 0.964 bits per heavy atom. The second-order valence-corrected chi connectivity index (χ2v) is 12.2. The van der Waals surface area contributed by atoms with Crippen molar-refractivity contribution in [2.24, 2.45) is 0 Å². The van der Waals surface area contributed by atoms with Gasteiger partial charge in [0, 0.05) is 11.3 Å². The van der Waals surface area contributed by atoms with E-state index in [9.17, 15) is 41.3 Å². The van der Waals surface area contributed by atoms with Gasteiger partial charge in [0.25, 0.3) is 7.82 Å². The molecule has 12 nitrogen and oxygen atoms in total. The first kappa shape index (κ1) is 42.5. The van der Waals surface area contributed by atoms with Crippen LogP contribution in [-0.4, -0.2) is 39.3 Å². The minimum absolute atomic E-state index is 0. The maximum atomic E-state index is 11.6. The molecule has 0 spiro atoms. The SMILES string of the molecule is CCC(CC(CC(C)P(=O)([O-])OP(=O)([O-])O)P(=O)([O-])O)S(=O)(=O)[O-].[Na+].[Na+].[Na+].[Na+]. The summed E-state index contributed by atoms with van der Waals surface area (Å²) in [5.74, 6) is 0. The Labute approximate surface area is 252 Å². The number of hydrogen-bond donors (Lipinski definition) is 2. The Bertz CT molecular complexity index is 678. The van der Waals surface area contributed by atoms with E-state index in [1.165, 1.54) is 6.92 Å². The molecule has 0 rings (SSSR count). The normalized spacial score (nSPS) is 20.7. The van der Waals surface area contributed by atoms with Crippen LogP contribution in [0.1, 0.15) is 33.1 Å². The zero-order valence-electron chi connectivity index (χ0n) is 16.6. The molecule has 0 saturated heterocycles. The van der Waals surface area contributed by atoms with Crippen LogP contribution >= 0.6 is 23.0 Å². The molecule has 0 aromatic rings. The Morgan fingerprint density at radius 3 is 1.61 bits per heavy atom.